The summed E-state index contributed by atoms with van der Waals surface area (Å²) in [5, 5.41) is 2.78. The van der Waals surface area contributed by atoms with Crippen LogP contribution in [0.25, 0.3) is 0 Å². The molecule has 2 heterocycles. The van der Waals surface area contributed by atoms with Crippen molar-refractivity contribution in [3.8, 4) is 0 Å². The van der Waals surface area contributed by atoms with Gasteiger partial charge < -0.3 is 10.2 Å². The van der Waals surface area contributed by atoms with Gasteiger partial charge in [0, 0.05) is 24.7 Å². The molecule has 0 radical (unpaired) electrons. The molecule has 1 N–H and O–H groups in total. The lowest BCUT2D eigenvalue weighted by atomic mass is 10.1. The number of carbonyl (C=O) groups is 2. The summed E-state index contributed by atoms with van der Waals surface area (Å²) in [6.45, 7) is 0.745. The van der Waals surface area contributed by atoms with E-state index in [1.165, 1.54) is 0 Å². The maximum absolute atomic E-state index is 12.0. The van der Waals surface area contributed by atoms with Crippen molar-refractivity contribution in [3.05, 3.63) is 29.8 Å². The SMILES string of the molecule is O=C(Cc1ccc(N2CCCC2=O)cc1)N[C@@H]1CCS(=O)(=O)C1. The number of hydrogen-bond donors (Lipinski definition) is 1. The van der Waals surface area contributed by atoms with E-state index >= 15 is 0 Å². The van der Waals surface area contributed by atoms with Crippen LogP contribution in [0.15, 0.2) is 24.3 Å². The van der Waals surface area contributed by atoms with Crippen molar-refractivity contribution >= 4 is 27.3 Å². The summed E-state index contributed by atoms with van der Waals surface area (Å²) < 4.78 is 22.8. The maximum Gasteiger partial charge on any atom is 0.227 e. The predicted molar refractivity (Wildman–Crippen MR) is 86.9 cm³/mol. The summed E-state index contributed by atoms with van der Waals surface area (Å²) in [6.07, 6.45) is 2.18. The number of amides is 2. The van der Waals surface area contributed by atoms with Crippen LogP contribution in [-0.4, -0.2) is 44.3 Å². The smallest absolute Gasteiger partial charge is 0.227 e. The molecule has 2 fully saturated rings. The molecule has 2 aliphatic rings. The Morgan fingerprint density at radius 2 is 2.00 bits per heavy atom. The fraction of sp³-hybridized carbons (Fsp3) is 0.500. The van der Waals surface area contributed by atoms with Crippen LogP contribution in [0, 0.1) is 0 Å². The van der Waals surface area contributed by atoms with E-state index in [4.69, 9.17) is 0 Å². The quantitative estimate of drug-likeness (QED) is 0.875. The average Bonchev–Trinajstić information content (AvgIpc) is 3.05. The van der Waals surface area contributed by atoms with E-state index in [-0.39, 0.29) is 35.8 Å². The van der Waals surface area contributed by atoms with Crippen molar-refractivity contribution in [1.82, 2.24) is 5.32 Å². The first-order valence-corrected chi connectivity index (χ1v) is 9.64. The largest absolute Gasteiger partial charge is 0.352 e. The van der Waals surface area contributed by atoms with Crippen LogP contribution in [0.1, 0.15) is 24.8 Å². The van der Waals surface area contributed by atoms with Crippen LogP contribution in [0.4, 0.5) is 5.69 Å². The molecule has 0 saturated carbocycles. The fourth-order valence-electron chi connectivity index (χ4n) is 3.09. The van der Waals surface area contributed by atoms with Crippen molar-refractivity contribution in [2.75, 3.05) is 23.0 Å². The van der Waals surface area contributed by atoms with Gasteiger partial charge in [0.05, 0.1) is 17.9 Å². The second kappa shape index (κ2) is 6.31. The van der Waals surface area contributed by atoms with Gasteiger partial charge in [0.1, 0.15) is 0 Å². The van der Waals surface area contributed by atoms with Gasteiger partial charge in [0.25, 0.3) is 0 Å². The molecule has 23 heavy (non-hydrogen) atoms. The third-order valence-electron chi connectivity index (χ3n) is 4.28. The minimum Gasteiger partial charge on any atom is -0.352 e. The molecule has 2 aliphatic heterocycles. The molecular weight excluding hydrogens is 316 g/mol. The van der Waals surface area contributed by atoms with Crippen molar-refractivity contribution in [1.29, 1.82) is 0 Å². The topological polar surface area (TPSA) is 83.6 Å². The highest BCUT2D eigenvalue weighted by Gasteiger charge is 2.28. The first-order chi connectivity index (χ1) is 10.9. The molecule has 1 aromatic carbocycles. The van der Waals surface area contributed by atoms with Gasteiger partial charge in [0.15, 0.2) is 9.84 Å². The highest BCUT2D eigenvalue weighted by molar-refractivity contribution is 7.91. The monoisotopic (exact) mass is 336 g/mol. The molecule has 1 aromatic rings. The molecule has 0 aromatic heterocycles. The Kier molecular flexibility index (Phi) is 4.39. The summed E-state index contributed by atoms with van der Waals surface area (Å²) in [5.74, 6) is 0.153. The molecule has 1 atom stereocenters. The minimum absolute atomic E-state index is 0.0365. The van der Waals surface area contributed by atoms with Gasteiger partial charge >= 0.3 is 0 Å². The van der Waals surface area contributed by atoms with E-state index in [9.17, 15) is 18.0 Å². The summed E-state index contributed by atoms with van der Waals surface area (Å²) in [4.78, 5) is 25.5. The lowest BCUT2D eigenvalue weighted by Crippen LogP contribution is -2.36. The molecule has 124 valence electrons. The van der Waals surface area contributed by atoms with Crippen molar-refractivity contribution in [2.45, 2.75) is 31.7 Å². The first-order valence-electron chi connectivity index (χ1n) is 7.82. The van der Waals surface area contributed by atoms with Crippen molar-refractivity contribution < 1.29 is 18.0 Å². The van der Waals surface area contributed by atoms with Crippen LogP contribution >= 0.6 is 0 Å². The Hall–Kier alpha value is -1.89. The van der Waals surface area contributed by atoms with E-state index in [1.807, 2.05) is 24.3 Å². The highest BCUT2D eigenvalue weighted by Crippen LogP contribution is 2.21. The van der Waals surface area contributed by atoms with Gasteiger partial charge in [-0.1, -0.05) is 12.1 Å². The van der Waals surface area contributed by atoms with E-state index in [2.05, 4.69) is 5.32 Å². The zero-order valence-electron chi connectivity index (χ0n) is 12.8. The van der Waals surface area contributed by atoms with Gasteiger partial charge in [-0.05, 0) is 30.5 Å². The Bertz CT molecular complexity index is 712. The van der Waals surface area contributed by atoms with Gasteiger partial charge in [-0.15, -0.1) is 0 Å². The normalized spacial score (nSPS) is 23.2. The van der Waals surface area contributed by atoms with E-state index in [1.54, 1.807) is 4.90 Å². The lowest BCUT2D eigenvalue weighted by Gasteiger charge is -2.16. The Morgan fingerprint density at radius 3 is 2.57 bits per heavy atom. The maximum atomic E-state index is 12.0. The fourth-order valence-corrected chi connectivity index (χ4v) is 4.76. The highest BCUT2D eigenvalue weighted by atomic mass is 32.2. The van der Waals surface area contributed by atoms with Crippen LogP contribution in [-0.2, 0) is 25.8 Å². The molecule has 0 unspecified atom stereocenters. The van der Waals surface area contributed by atoms with Crippen molar-refractivity contribution in [3.63, 3.8) is 0 Å². The zero-order chi connectivity index (χ0) is 16.4. The molecule has 0 bridgehead atoms. The molecule has 2 amide bonds. The van der Waals surface area contributed by atoms with Gasteiger partial charge in [-0.3, -0.25) is 9.59 Å². The number of hydrogen-bond acceptors (Lipinski definition) is 4. The van der Waals surface area contributed by atoms with E-state index in [0.717, 1.165) is 24.2 Å². The molecule has 2 saturated heterocycles. The minimum atomic E-state index is -2.99. The number of anilines is 1. The summed E-state index contributed by atoms with van der Waals surface area (Å²) >= 11 is 0. The number of benzene rings is 1. The number of carbonyl (C=O) groups excluding carboxylic acids is 2. The number of sulfone groups is 1. The van der Waals surface area contributed by atoms with Crippen LogP contribution < -0.4 is 10.2 Å². The molecule has 6 nitrogen and oxygen atoms in total. The summed E-state index contributed by atoms with van der Waals surface area (Å²) in [5.41, 5.74) is 1.71. The van der Waals surface area contributed by atoms with Crippen LogP contribution in [0.2, 0.25) is 0 Å². The third kappa shape index (κ3) is 3.90. The Morgan fingerprint density at radius 1 is 1.26 bits per heavy atom. The average molecular weight is 336 g/mol. The predicted octanol–water partition coefficient (Wildman–Crippen LogP) is 0.659. The summed E-state index contributed by atoms with van der Waals surface area (Å²) in [6, 6.07) is 7.12. The third-order valence-corrected chi connectivity index (χ3v) is 6.05. The van der Waals surface area contributed by atoms with Gasteiger partial charge in [0.2, 0.25) is 11.8 Å². The Balaban J connectivity index is 1.56. The summed E-state index contributed by atoms with van der Waals surface area (Å²) in [7, 11) is -2.99. The number of nitrogens with zero attached hydrogens (tertiary/aromatic N) is 1. The van der Waals surface area contributed by atoms with E-state index < -0.39 is 9.84 Å². The first kappa shape index (κ1) is 16.0. The zero-order valence-corrected chi connectivity index (χ0v) is 13.6. The number of nitrogens with one attached hydrogen (secondary N) is 1. The van der Waals surface area contributed by atoms with E-state index in [0.29, 0.717) is 12.8 Å². The van der Waals surface area contributed by atoms with Crippen LogP contribution in [0.3, 0.4) is 0 Å². The van der Waals surface area contributed by atoms with Gasteiger partial charge in [-0.2, -0.15) is 0 Å². The molecular formula is C16H20N2O4S. The van der Waals surface area contributed by atoms with Crippen molar-refractivity contribution in [2.24, 2.45) is 0 Å². The second-order valence-corrected chi connectivity index (χ2v) is 8.39. The second-order valence-electron chi connectivity index (χ2n) is 6.16. The molecule has 0 aliphatic carbocycles. The van der Waals surface area contributed by atoms with Gasteiger partial charge in [-0.25, -0.2) is 8.42 Å². The molecule has 3 rings (SSSR count). The van der Waals surface area contributed by atoms with Crippen LogP contribution in [0.5, 0.6) is 0 Å². The molecule has 0 spiro atoms. The molecule has 7 heteroatoms. The Labute approximate surface area is 135 Å². The number of rotatable bonds is 4. The standard InChI is InChI=1S/C16H20N2O4S/c19-15(17-13-7-9-23(21,22)11-13)10-12-3-5-14(6-4-12)18-8-1-2-16(18)20/h3-6,13H,1-2,7-11H2,(H,17,19)/t13-/m1/s1. The lowest BCUT2D eigenvalue weighted by molar-refractivity contribution is -0.121.